The fraction of sp³-hybridized carbons (Fsp3) is 0.231. The van der Waals surface area contributed by atoms with E-state index in [2.05, 4.69) is 10.2 Å². The zero-order chi connectivity index (χ0) is 13.0. The second kappa shape index (κ2) is 7.01. The number of benzene rings is 1. The Kier molecular flexibility index (Phi) is 5.66. The van der Waals surface area contributed by atoms with Crippen molar-refractivity contribution in [3.05, 3.63) is 41.8 Å². The van der Waals surface area contributed by atoms with Crippen molar-refractivity contribution in [2.75, 3.05) is 13.6 Å². The number of carbonyl (C=O) groups is 1. The van der Waals surface area contributed by atoms with Crippen molar-refractivity contribution in [2.24, 2.45) is 0 Å². The summed E-state index contributed by atoms with van der Waals surface area (Å²) < 4.78 is 12.9. The number of hydrogen-bond donors (Lipinski definition) is 1. The highest BCUT2D eigenvalue weighted by Crippen LogP contribution is 2.22. The second-order valence-corrected chi connectivity index (χ2v) is 4.13. The molecule has 1 heterocycles. The molecule has 0 aliphatic heterocycles. The van der Waals surface area contributed by atoms with Crippen LogP contribution >= 0.6 is 12.4 Å². The topological polar surface area (TPSA) is 49.0 Å². The molecule has 4 nitrogen and oxygen atoms in total. The molecule has 0 aliphatic carbocycles. The Balaban J connectivity index is 0.00000180. The molecule has 2 rings (SSSR count). The summed E-state index contributed by atoms with van der Waals surface area (Å²) in [6.07, 6.45) is 2.65. The third-order valence-electron chi connectivity index (χ3n) is 2.66. The van der Waals surface area contributed by atoms with Crippen LogP contribution in [0.4, 0.5) is 4.39 Å². The molecule has 0 saturated carbocycles. The van der Waals surface area contributed by atoms with E-state index < -0.39 is 0 Å². The minimum Gasteiger partial charge on any atom is -0.302 e. The van der Waals surface area contributed by atoms with Crippen LogP contribution < -0.4 is 0 Å². The predicted molar refractivity (Wildman–Crippen MR) is 73.6 cm³/mol. The third-order valence-corrected chi connectivity index (χ3v) is 2.66. The van der Waals surface area contributed by atoms with Crippen molar-refractivity contribution in [1.82, 2.24) is 15.1 Å². The molecule has 0 fully saturated rings. The molecule has 6 heteroatoms. The minimum absolute atomic E-state index is 0. The number of aromatic amines is 1. The van der Waals surface area contributed by atoms with Gasteiger partial charge in [0.05, 0.1) is 12.2 Å². The highest BCUT2D eigenvalue weighted by molar-refractivity contribution is 5.85. The molecule has 19 heavy (non-hydrogen) atoms. The van der Waals surface area contributed by atoms with Crippen LogP contribution in [-0.2, 0) is 11.3 Å². The highest BCUT2D eigenvalue weighted by Gasteiger charge is 2.10. The zero-order valence-corrected chi connectivity index (χ0v) is 11.3. The molecular formula is C13H15ClFN3O. The summed E-state index contributed by atoms with van der Waals surface area (Å²) in [5.41, 5.74) is 2.62. The molecule has 0 saturated heterocycles. The zero-order valence-electron chi connectivity index (χ0n) is 10.5. The van der Waals surface area contributed by atoms with Crippen molar-refractivity contribution in [1.29, 1.82) is 0 Å². The molecule has 0 radical (unpaired) electrons. The third kappa shape index (κ3) is 3.87. The van der Waals surface area contributed by atoms with Crippen molar-refractivity contribution < 1.29 is 9.18 Å². The number of aromatic nitrogens is 2. The van der Waals surface area contributed by atoms with Gasteiger partial charge in [0, 0.05) is 23.9 Å². The monoisotopic (exact) mass is 283 g/mol. The van der Waals surface area contributed by atoms with Crippen molar-refractivity contribution in [3.63, 3.8) is 0 Å². The first-order chi connectivity index (χ1) is 8.70. The smallest absolute Gasteiger partial charge is 0.133 e. The van der Waals surface area contributed by atoms with Crippen molar-refractivity contribution in [3.8, 4) is 11.3 Å². The maximum absolute atomic E-state index is 12.9. The Bertz CT molecular complexity index is 527. The van der Waals surface area contributed by atoms with E-state index in [1.54, 1.807) is 18.3 Å². The SMILES string of the molecule is CN(CC=O)Cc1c[nH]nc1-c1ccc(F)cc1.Cl. The molecule has 0 spiro atoms. The lowest BCUT2D eigenvalue weighted by Gasteiger charge is -2.12. The summed E-state index contributed by atoms with van der Waals surface area (Å²) in [5, 5.41) is 6.97. The van der Waals surface area contributed by atoms with Crippen LogP contribution in [0, 0.1) is 5.82 Å². The lowest BCUT2D eigenvalue weighted by atomic mass is 10.1. The summed E-state index contributed by atoms with van der Waals surface area (Å²) >= 11 is 0. The van der Waals surface area contributed by atoms with Gasteiger partial charge in [0.25, 0.3) is 0 Å². The number of nitrogens with one attached hydrogen (secondary N) is 1. The maximum Gasteiger partial charge on any atom is 0.133 e. The van der Waals surface area contributed by atoms with Crippen LogP contribution in [0.5, 0.6) is 0 Å². The van der Waals surface area contributed by atoms with Crippen molar-refractivity contribution >= 4 is 18.7 Å². The lowest BCUT2D eigenvalue weighted by molar-refractivity contribution is -0.108. The molecule has 1 aromatic heterocycles. The van der Waals surface area contributed by atoms with E-state index in [1.165, 1.54) is 12.1 Å². The number of hydrogen-bond acceptors (Lipinski definition) is 3. The van der Waals surface area contributed by atoms with Gasteiger partial charge in [0.1, 0.15) is 12.1 Å². The molecule has 0 bridgehead atoms. The van der Waals surface area contributed by atoms with E-state index in [0.717, 1.165) is 23.1 Å². The van der Waals surface area contributed by atoms with E-state index in [9.17, 15) is 9.18 Å². The Morgan fingerprint density at radius 1 is 1.37 bits per heavy atom. The van der Waals surface area contributed by atoms with Gasteiger partial charge in [-0.15, -0.1) is 12.4 Å². The first-order valence-electron chi connectivity index (χ1n) is 5.61. The van der Waals surface area contributed by atoms with Gasteiger partial charge in [-0.1, -0.05) is 0 Å². The number of H-pyrrole nitrogens is 1. The highest BCUT2D eigenvalue weighted by atomic mass is 35.5. The van der Waals surface area contributed by atoms with Gasteiger partial charge in [-0.25, -0.2) is 4.39 Å². The summed E-state index contributed by atoms with van der Waals surface area (Å²) in [4.78, 5) is 12.3. The number of likely N-dealkylation sites (N-methyl/N-ethyl adjacent to an activating group) is 1. The van der Waals surface area contributed by atoms with Crippen LogP contribution in [0.25, 0.3) is 11.3 Å². The van der Waals surface area contributed by atoms with Gasteiger partial charge in [0.2, 0.25) is 0 Å². The van der Waals surface area contributed by atoms with Gasteiger partial charge in [-0.2, -0.15) is 5.10 Å². The second-order valence-electron chi connectivity index (χ2n) is 4.13. The van der Waals surface area contributed by atoms with Crippen LogP contribution in [0.1, 0.15) is 5.56 Å². The maximum atomic E-state index is 12.9. The molecular weight excluding hydrogens is 269 g/mol. The normalized spacial score (nSPS) is 10.3. The Labute approximate surface area is 117 Å². The number of halogens is 2. The molecule has 102 valence electrons. The number of carbonyl (C=O) groups excluding carboxylic acids is 1. The standard InChI is InChI=1S/C13H14FN3O.ClH/c1-17(6-7-18)9-11-8-15-16-13(11)10-2-4-12(14)5-3-10;/h2-5,7-8H,6,9H2,1H3,(H,15,16);1H. The summed E-state index contributed by atoms with van der Waals surface area (Å²) in [7, 11) is 1.86. The quantitative estimate of drug-likeness (QED) is 0.857. The van der Waals surface area contributed by atoms with Crippen LogP contribution in [0.3, 0.4) is 0 Å². The van der Waals surface area contributed by atoms with Gasteiger partial charge >= 0.3 is 0 Å². The fourth-order valence-corrected chi connectivity index (χ4v) is 1.78. The first-order valence-corrected chi connectivity index (χ1v) is 5.61. The molecule has 0 amide bonds. The van der Waals surface area contributed by atoms with Crippen molar-refractivity contribution in [2.45, 2.75) is 6.54 Å². The summed E-state index contributed by atoms with van der Waals surface area (Å²) in [6.45, 7) is 0.982. The first kappa shape index (κ1) is 15.3. The van der Waals surface area contributed by atoms with Gasteiger partial charge < -0.3 is 4.79 Å². The number of nitrogens with zero attached hydrogens (tertiary/aromatic N) is 2. The Hall–Kier alpha value is -1.72. The summed E-state index contributed by atoms with van der Waals surface area (Å²) in [6, 6.07) is 6.19. The molecule has 2 aromatic rings. The number of rotatable bonds is 5. The predicted octanol–water partition coefficient (Wildman–Crippen LogP) is 2.27. The van der Waals surface area contributed by atoms with Crippen LogP contribution in [-0.4, -0.2) is 35.0 Å². The molecule has 0 unspecified atom stereocenters. The van der Waals surface area contributed by atoms with E-state index in [-0.39, 0.29) is 18.2 Å². The molecule has 0 atom stereocenters. The van der Waals surface area contributed by atoms with Gasteiger partial charge in [-0.3, -0.25) is 10.00 Å². The lowest BCUT2D eigenvalue weighted by Crippen LogP contribution is -2.19. The van der Waals surface area contributed by atoms with Crippen LogP contribution in [0.2, 0.25) is 0 Å². The van der Waals surface area contributed by atoms with E-state index in [4.69, 9.17) is 0 Å². The average molecular weight is 284 g/mol. The average Bonchev–Trinajstić information content (AvgIpc) is 2.78. The fourth-order valence-electron chi connectivity index (χ4n) is 1.78. The molecule has 1 aromatic carbocycles. The van der Waals surface area contributed by atoms with E-state index >= 15 is 0 Å². The van der Waals surface area contributed by atoms with Gasteiger partial charge in [-0.05, 0) is 31.3 Å². The largest absolute Gasteiger partial charge is 0.302 e. The summed E-state index contributed by atoms with van der Waals surface area (Å²) in [5.74, 6) is -0.270. The number of aldehydes is 1. The Morgan fingerprint density at radius 3 is 2.68 bits per heavy atom. The van der Waals surface area contributed by atoms with Crippen LogP contribution in [0.15, 0.2) is 30.5 Å². The van der Waals surface area contributed by atoms with Gasteiger partial charge in [0.15, 0.2) is 0 Å². The molecule has 0 aliphatic rings. The minimum atomic E-state index is -0.270. The van der Waals surface area contributed by atoms with E-state index in [0.29, 0.717) is 13.1 Å². The van der Waals surface area contributed by atoms with E-state index in [1.807, 2.05) is 11.9 Å². The Morgan fingerprint density at radius 2 is 2.05 bits per heavy atom. The molecule has 1 N–H and O–H groups in total.